The van der Waals surface area contributed by atoms with Gasteiger partial charge in [0, 0.05) is 13.0 Å². The summed E-state index contributed by atoms with van der Waals surface area (Å²) in [5, 5.41) is 1.68. The average molecular weight is 278 g/mol. The van der Waals surface area contributed by atoms with E-state index in [1.165, 1.54) is 6.07 Å². The number of amides is 1. The molecule has 0 aromatic carbocycles. The number of hydrogen-bond acceptors (Lipinski definition) is 5. The van der Waals surface area contributed by atoms with Gasteiger partial charge in [0.15, 0.2) is 0 Å². The first-order valence-electron chi connectivity index (χ1n) is 5.00. The topological polar surface area (TPSA) is 84.5 Å². The van der Waals surface area contributed by atoms with Crippen molar-refractivity contribution in [1.82, 2.24) is 10.2 Å². The molecular formula is C9H14N2O4S2. The predicted octanol–water partition coefficient (Wildman–Crippen LogP) is 0.484. The molecule has 0 unspecified atom stereocenters. The Hall–Kier alpha value is -0.960. The maximum atomic E-state index is 11.6. The average Bonchev–Trinajstić information content (AvgIpc) is 2.80. The standard InChI is InChI=1S/C9H14N2O4S2/c1-2-15-11-8(12)5-6-10-17(13,14)9-4-3-7-16-9/h3-4,7,10H,2,5-6H2,1H3,(H,11,12). The van der Waals surface area contributed by atoms with E-state index in [4.69, 9.17) is 0 Å². The van der Waals surface area contributed by atoms with Crippen LogP contribution >= 0.6 is 11.3 Å². The van der Waals surface area contributed by atoms with Crippen molar-refractivity contribution >= 4 is 27.3 Å². The summed E-state index contributed by atoms with van der Waals surface area (Å²) in [5.74, 6) is -0.360. The van der Waals surface area contributed by atoms with Gasteiger partial charge in [0.25, 0.3) is 0 Å². The Bertz CT molecular complexity index is 442. The van der Waals surface area contributed by atoms with Crippen LogP contribution in [-0.4, -0.2) is 27.5 Å². The maximum Gasteiger partial charge on any atom is 0.250 e. The molecule has 17 heavy (non-hydrogen) atoms. The Kier molecular flexibility index (Phi) is 5.56. The minimum absolute atomic E-state index is 0.0323. The Balaban J connectivity index is 2.34. The van der Waals surface area contributed by atoms with E-state index in [1.807, 2.05) is 0 Å². The molecule has 0 radical (unpaired) electrons. The highest BCUT2D eigenvalue weighted by Gasteiger charge is 2.14. The van der Waals surface area contributed by atoms with Crippen LogP contribution in [0.2, 0.25) is 0 Å². The van der Waals surface area contributed by atoms with Crippen LogP contribution in [0.25, 0.3) is 0 Å². The number of thiophene rings is 1. The van der Waals surface area contributed by atoms with E-state index in [9.17, 15) is 13.2 Å². The van der Waals surface area contributed by atoms with Gasteiger partial charge < -0.3 is 0 Å². The maximum absolute atomic E-state index is 11.6. The smallest absolute Gasteiger partial charge is 0.250 e. The number of rotatable bonds is 7. The second-order valence-electron chi connectivity index (χ2n) is 3.04. The summed E-state index contributed by atoms with van der Waals surface area (Å²) in [4.78, 5) is 15.8. The lowest BCUT2D eigenvalue weighted by Gasteiger charge is -2.05. The number of sulfonamides is 1. The normalized spacial score (nSPS) is 11.4. The molecule has 8 heteroatoms. The number of carbonyl (C=O) groups excluding carboxylic acids is 1. The van der Waals surface area contributed by atoms with Crippen LogP contribution < -0.4 is 10.2 Å². The van der Waals surface area contributed by atoms with E-state index in [-0.39, 0.29) is 23.1 Å². The van der Waals surface area contributed by atoms with Crippen LogP contribution in [0.3, 0.4) is 0 Å². The highest BCUT2D eigenvalue weighted by molar-refractivity contribution is 7.91. The number of hydroxylamine groups is 1. The molecular weight excluding hydrogens is 264 g/mol. The van der Waals surface area contributed by atoms with Crippen LogP contribution in [0.4, 0.5) is 0 Å². The molecule has 0 saturated carbocycles. The summed E-state index contributed by atoms with van der Waals surface area (Å²) in [5.41, 5.74) is 2.18. The lowest BCUT2D eigenvalue weighted by molar-refractivity contribution is -0.132. The number of carbonyl (C=O) groups is 1. The van der Waals surface area contributed by atoms with Crippen molar-refractivity contribution < 1.29 is 18.0 Å². The lowest BCUT2D eigenvalue weighted by Crippen LogP contribution is -2.30. The first-order valence-corrected chi connectivity index (χ1v) is 7.36. The summed E-state index contributed by atoms with van der Waals surface area (Å²) >= 11 is 1.13. The van der Waals surface area contributed by atoms with Crippen molar-refractivity contribution in [1.29, 1.82) is 0 Å². The van der Waals surface area contributed by atoms with E-state index >= 15 is 0 Å². The van der Waals surface area contributed by atoms with Gasteiger partial charge in [0.2, 0.25) is 15.9 Å². The summed E-state index contributed by atoms with van der Waals surface area (Å²) in [6, 6.07) is 3.16. The van der Waals surface area contributed by atoms with Crippen LogP contribution in [-0.2, 0) is 19.7 Å². The first-order chi connectivity index (χ1) is 8.06. The highest BCUT2D eigenvalue weighted by Crippen LogP contribution is 2.14. The fourth-order valence-corrected chi connectivity index (χ4v) is 3.06. The Morgan fingerprint density at radius 3 is 2.88 bits per heavy atom. The van der Waals surface area contributed by atoms with Crippen LogP contribution in [0, 0.1) is 0 Å². The lowest BCUT2D eigenvalue weighted by atomic mass is 10.4. The van der Waals surface area contributed by atoms with Crippen LogP contribution in [0.15, 0.2) is 21.7 Å². The molecule has 0 aliphatic heterocycles. The van der Waals surface area contributed by atoms with Gasteiger partial charge in [0.05, 0.1) is 6.61 Å². The molecule has 1 amide bonds. The Morgan fingerprint density at radius 1 is 1.53 bits per heavy atom. The number of hydrogen-bond donors (Lipinski definition) is 2. The third-order valence-electron chi connectivity index (χ3n) is 1.73. The molecule has 1 aromatic rings. The van der Waals surface area contributed by atoms with Crippen molar-refractivity contribution in [3.8, 4) is 0 Å². The molecule has 1 heterocycles. The van der Waals surface area contributed by atoms with Gasteiger partial charge in [-0.3, -0.25) is 9.63 Å². The van der Waals surface area contributed by atoms with Crippen molar-refractivity contribution in [3.05, 3.63) is 17.5 Å². The molecule has 6 nitrogen and oxygen atoms in total. The minimum atomic E-state index is -3.49. The monoisotopic (exact) mass is 278 g/mol. The number of nitrogens with one attached hydrogen (secondary N) is 2. The molecule has 1 aromatic heterocycles. The minimum Gasteiger partial charge on any atom is -0.274 e. The molecule has 96 valence electrons. The second kappa shape index (κ2) is 6.70. The highest BCUT2D eigenvalue weighted by atomic mass is 32.2. The van der Waals surface area contributed by atoms with Crippen molar-refractivity contribution in [3.63, 3.8) is 0 Å². The van der Waals surface area contributed by atoms with Gasteiger partial charge in [-0.2, -0.15) is 0 Å². The summed E-state index contributed by atoms with van der Waals surface area (Å²) in [7, 11) is -3.49. The fraction of sp³-hybridized carbons (Fsp3) is 0.444. The van der Waals surface area contributed by atoms with Crippen molar-refractivity contribution in [2.45, 2.75) is 17.6 Å². The fourth-order valence-electron chi connectivity index (χ4n) is 0.990. The molecule has 2 N–H and O–H groups in total. The van der Waals surface area contributed by atoms with Crippen molar-refractivity contribution in [2.75, 3.05) is 13.2 Å². The second-order valence-corrected chi connectivity index (χ2v) is 5.98. The van der Waals surface area contributed by atoms with E-state index in [0.29, 0.717) is 6.61 Å². The molecule has 0 spiro atoms. The van der Waals surface area contributed by atoms with Gasteiger partial charge in [-0.05, 0) is 18.4 Å². The first kappa shape index (κ1) is 14.1. The molecule has 0 atom stereocenters. The SMILES string of the molecule is CCONC(=O)CCNS(=O)(=O)c1cccs1. The summed E-state index contributed by atoms with van der Waals surface area (Å²) in [6.45, 7) is 2.14. The molecule has 0 saturated heterocycles. The van der Waals surface area contributed by atoms with E-state index in [1.54, 1.807) is 18.4 Å². The quantitative estimate of drug-likeness (QED) is 0.711. The molecule has 0 aliphatic rings. The predicted molar refractivity (Wildman–Crippen MR) is 63.9 cm³/mol. The Labute approximate surface area is 104 Å². The van der Waals surface area contributed by atoms with Crippen LogP contribution in [0.1, 0.15) is 13.3 Å². The third-order valence-corrected chi connectivity index (χ3v) is 4.59. The molecule has 0 bridgehead atoms. The van der Waals surface area contributed by atoms with E-state index < -0.39 is 10.0 Å². The van der Waals surface area contributed by atoms with E-state index in [0.717, 1.165) is 11.3 Å². The summed E-state index contributed by atoms with van der Waals surface area (Å²) in [6.07, 6.45) is 0.0323. The van der Waals surface area contributed by atoms with Gasteiger partial charge in [-0.25, -0.2) is 18.6 Å². The van der Waals surface area contributed by atoms with Crippen LogP contribution in [0.5, 0.6) is 0 Å². The van der Waals surface area contributed by atoms with Gasteiger partial charge in [-0.15, -0.1) is 11.3 Å². The summed E-state index contributed by atoms with van der Waals surface area (Å²) < 4.78 is 25.8. The van der Waals surface area contributed by atoms with Gasteiger partial charge in [0.1, 0.15) is 4.21 Å². The van der Waals surface area contributed by atoms with Gasteiger partial charge >= 0.3 is 0 Å². The molecule has 0 fully saturated rings. The largest absolute Gasteiger partial charge is 0.274 e. The zero-order chi connectivity index (χ0) is 12.7. The Morgan fingerprint density at radius 2 is 2.29 bits per heavy atom. The van der Waals surface area contributed by atoms with Crippen molar-refractivity contribution in [2.24, 2.45) is 0 Å². The zero-order valence-electron chi connectivity index (χ0n) is 9.30. The molecule has 0 aliphatic carbocycles. The third kappa shape index (κ3) is 4.82. The van der Waals surface area contributed by atoms with Gasteiger partial charge in [-0.1, -0.05) is 6.07 Å². The van der Waals surface area contributed by atoms with E-state index in [2.05, 4.69) is 15.0 Å². The molecule has 1 rings (SSSR count). The zero-order valence-corrected chi connectivity index (χ0v) is 10.9.